The maximum absolute atomic E-state index is 13.0. The second kappa shape index (κ2) is 6.92. The highest BCUT2D eigenvalue weighted by Gasteiger charge is 2.33. The van der Waals surface area contributed by atoms with E-state index in [1.807, 2.05) is 42.8 Å². The third-order valence-corrected chi connectivity index (χ3v) is 7.87. The van der Waals surface area contributed by atoms with E-state index in [9.17, 15) is 15.3 Å². The zero-order valence-corrected chi connectivity index (χ0v) is 17.5. The summed E-state index contributed by atoms with van der Waals surface area (Å²) in [6.45, 7) is 3.93. The van der Waals surface area contributed by atoms with E-state index in [4.69, 9.17) is 5.73 Å². The molecule has 2 N–H and O–H groups in total. The van der Waals surface area contributed by atoms with Crippen molar-refractivity contribution in [3.05, 3.63) is 68.9 Å². The van der Waals surface area contributed by atoms with Gasteiger partial charge in [0.2, 0.25) is 0 Å². The molecule has 0 aromatic carbocycles. The Morgan fingerprint density at radius 3 is 2.36 bits per heavy atom. The highest BCUT2D eigenvalue weighted by Crippen LogP contribution is 2.39. The van der Waals surface area contributed by atoms with Gasteiger partial charge in [-0.3, -0.25) is 9.36 Å². The van der Waals surface area contributed by atoms with Gasteiger partial charge in [0.05, 0.1) is 33.7 Å². The summed E-state index contributed by atoms with van der Waals surface area (Å²) >= 11 is 4.28. The first-order chi connectivity index (χ1) is 13.5. The van der Waals surface area contributed by atoms with Gasteiger partial charge in [-0.15, -0.1) is 34.0 Å². The first-order valence-electron chi connectivity index (χ1n) is 8.34. The number of thiophene rings is 2. The predicted octanol–water partition coefficient (Wildman–Crippen LogP) is 2.60. The molecule has 0 radical (unpaired) electrons. The maximum Gasteiger partial charge on any atom is 0.274 e. The number of nitriles is 2. The van der Waals surface area contributed by atoms with Crippen LogP contribution in [0.15, 0.2) is 33.3 Å². The Morgan fingerprint density at radius 1 is 1.11 bits per heavy atom. The van der Waals surface area contributed by atoms with Crippen LogP contribution in [0.25, 0.3) is 17.5 Å². The minimum absolute atomic E-state index is 0.109. The molecule has 4 rings (SSSR count). The number of nitrogens with zero attached hydrogens (tertiary/aromatic N) is 3. The van der Waals surface area contributed by atoms with E-state index in [1.165, 1.54) is 27.2 Å². The molecule has 5 nitrogen and oxygen atoms in total. The van der Waals surface area contributed by atoms with Crippen molar-refractivity contribution in [1.82, 2.24) is 4.57 Å². The van der Waals surface area contributed by atoms with Crippen LogP contribution in [-0.4, -0.2) is 4.57 Å². The van der Waals surface area contributed by atoms with Crippen molar-refractivity contribution in [3.63, 3.8) is 0 Å². The first kappa shape index (κ1) is 18.5. The van der Waals surface area contributed by atoms with E-state index in [0.29, 0.717) is 14.8 Å². The number of rotatable bonds is 2. The topological polar surface area (TPSA) is 95.6 Å². The second-order valence-corrected chi connectivity index (χ2v) is 9.29. The SMILES string of the molecule is Cc1ccsc1/C=c1\sc2n(c1=O)C(N)=C(C#N)C(c1sccc1C)C=2C#N. The van der Waals surface area contributed by atoms with Crippen LogP contribution >= 0.6 is 34.0 Å². The number of aryl methyl sites for hydroxylation is 2. The van der Waals surface area contributed by atoms with Gasteiger partial charge >= 0.3 is 0 Å². The third kappa shape index (κ3) is 2.66. The van der Waals surface area contributed by atoms with E-state index in [0.717, 1.165) is 20.9 Å². The third-order valence-electron chi connectivity index (χ3n) is 4.72. The highest BCUT2D eigenvalue weighted by molar-refractivity contribution is 7.11. The first-order valence-corrected chi connectivity index (χ1v) is 10.9. The van der Waals surface area contributed by atoms with Crippen LogP contribution in [0.1, 0.15) is 26.8 Å². The Bertz CT molecular complexity index is 1400. The molecule has 1 atom stereocenters. The molecular formula is C20H14N4OS3. The van der Waals surface area contributed by atoms with E-state index in [1.54, 1.807) is 11.3 Å². The Morgan fingerprint density at radius 2 is 1.79 bits per heavy atom. The molecule has 3 aromatic heterocycles. The molecule has 1 unspecified atom stereocenters. The average Bonchev–Trinajstić information content (AvgIpc) is 3.36. The molecule has 8 heteroatoms. The summed E-state index contributed by atoms with van der Waals surface area (Å²) in [5.74, 6) is -0.428. The van der Waals surface area contributed by atoms with Crippen molar-refractivity contribution >= 4 is 51.5 Å². The van der Waals surface area contributed by atoms with Crippen molar-refractivity contribution in [2.75, 3.05) is 0 Å². The number of thiazole rings is 1. The van der Waals surface area contributed by atoms with Crippen molar-refractivity contribution < 1.29 is 0 Å². The van der Waals surface area contributed by atoms with Gasteiger partial charge in [-0.2, -0.15) is 10.5 Å². The van der Waals surface area contributed by atoms with E-state index >= 15 is 0 Å². The summed E-state index contributed by atoms with van der Waals surface area (Å²) in [5.41, 5.74) is 8.69. The van der Waals surface area contributed by atoms with Crippen molar-refractivity contribution in [1.29, 1.82) is 10.5 Å². The van der Waals surface area contributed by atoms with Gasteiger partial charge in [-0.05, 0) is 53.9 Å². The molecule has 1 aliphatic heterocycles. The molecule has 0 amide bonds. The van der Waals surface area contributed by atoms with Crippen molar-refractivity contribution in [2.45, 2.75) is 19.8 Å². The molecular weight excluding hydrogens is 408 g/mol. The van der Waals surface area contributed by atoms with Crippen molar-refractivity contribution in [3.8, 4) is 12.1 Å². The van der Waals surface area contributed by atoms with E-state index < -0.39 is 5.92 Å². The minimum atomic E-state index is -0.538. The van der Waals surface area contributed by atoms with Crippen LogP contribution in [0.2, 0.25) is 0 Å². The van der Waals surface area contributed by atoms with Gasteiger partial charge in [-0.25, -0.2) is 0 Å². The molecule has 0 aliphatic carbocycles. The molecule has 0 saturated heterocycles. The minimum Gasteiger partial charge on any atom is -0.384 e. The van der Waals surface area contributed by atoms with Crippen LogP contribution in [0.4, 0.5) is 0 Å². The lowest BCUT2D eigenvalue weighted by molar-refractivity contribution is 0.911. The summed E-state index contributed by atoms with van der Waals surface area (Å²) in [5, 5.41) is 23.6. The zero-order chi connectivity index (χ0) is 20.0. The Hall–Kier alpha value is -2.91. The fraction of sp³-hybridized carbons (Fsp3) is 0.150. The normalized spacial score (nSPS) is 16.8. The molecule has 0 saturated carbocycles. The fourth-order valence-electron chi connectivity index (χ4n) is 3.25. The molecule has 1 aliphatic rings. The number of fused-ring (bicyclic) bond motifs is 1. The maximum atomic E-state index is 13.0. The second-order valence-electron chi connectivity index (χ2n) is 6.36. The fourth-order valence-corrected chi connectivity index (χ4v) is 6.33. The average molecular weight is 423 g/mol. The lowest BCUT2D eigenvalue weighted by atomic mass is 9.88. The van der Waals surface area contributed by atoms with Crippen LogP contribution in [0.5, 0.6) is 0 Å². The van der Waals surface area contributed by atoms with Crippen molar-refractivity contribution in [2.24, 2.45) is 5.73 Å². The Labute approximate surface area is 172 Å². The number of nitrogens with two attached hydrogens (primary N) is 1. The number of hydrogen-bond donors (Lipinski definition) is 1. The van der Waals surface area contributed by atoms with Crippen LogP contribution in [0.3, 0.4) is 0 Å². The molecule has 0 spiro atoms. The largest absolute Gasteiger partial charge is 0.384 e. The standard InChI is InChI=1S/C20H14N4OS3/c1-10-3-5-26-14(10)7-15-19(25)24-18(23)12(8-21)16(13(9-22)20(24)28-15)17-11(2)4-6-27-17/h3-7,16H,23H2,1-2H3/b15-7-. The van der Waals surface area contributed by atoms with Crippen LogP contribution in [-0.2, 0) is 0 Å². The summed E-state index contributed by atoms with van der Waals surface area (Å²) in [6, 6.07) is 8.33. The highest BCUT2D eigenvalue weighted by atomic mass is 32.1. The molecule has 28 heavy (non-hydrogen) atoms. The summed E-state index contributed by atoms with van der Waals surface area (Å²) < 4.78 is 2.31. The Balaban J connectivity index is 2.11. The number of allylic oxidation sites excluding steroid dienone is 1. The number of hydrogen-bond acceptors (Lipinski definition) is 7. The van der Waals surface area contributed by atoms with Gasteiger partial charge in [0.1, 0.15) is 10.5 Å². The lowest BCUT2D eigenvalue weighted by Gasteiger charge is -2.21. The van der Waals surface area contributed by atoms with E-state index in [-0.39, 0.29) is 17.0 Å². The quantitative estimate of drug-likeness (QED) is 0.687. The molecule has 138 valence electrons. The van der Waals surface area contributed by atoms with Gasteiger partial charge < -0.3 is 5.73 Å². The van der Waals surface area contributed by atoms with E-state index in [2.05, 4.69) is 12.1 Å². The molecule has 0 bridgehead atoms. The Kier molecular flexibility index (Phi) is 4.56. The molecule has 4 heterocycles. The molecule has 0 fully saturated rings. The summed E-state index contributed by atoms with van der Waals surface area (Å²) in [6.07, 6.45) is 1.83. The number of aromatic nitrogens is 1. The van der Waals surface area contributed by atoms with Gasteiger partial charge in [0.15, 0.2) is 0 Å². The summed E-state index contributed by atoms with van der Waals surface area (Å²) in [7, 11) is 0. The predicted molar refractivity (Wildman–Crippen MR) is 114 cm³/mol. The van der Waals surface area contributed by atoms with Crippen LogP contribution < -0.4 is 20.5 Å². The van der Waals surface area contributed by atoms with Gasteiger partial charge in [0.25, 0.3) is 5.56 Å². The van der Waals surface area contributed by atoms with Crippen LogP contribution in [0, 0.1) is 36.5 Å². The van der Waals surface area contributed by atoms with Gasteiger partial charge in [0, 0.05) is 9.75 Å². The monoisotopic (exact) mass is 422 g/mol. The zero-order valence-electron chi connectivity index (χ0n) is 15.0. The molecule has 3 aromatic rings. The summed E-state index contributed by atoms with van der Waals surface area (Å²) in [4.78, 5) is 14.9. The lowest BCUT2D eigenvalue weighted by Crippen LogP contribution is -2.38. The smallest absolute Gasteiger partial charge is 0.274 e. The van der Waals surface area contributed by atoms with Gasteiger partial charge in [-0.1, -0.05) is 0 Å².